The van der Waals surface area contributed by atoms with Crippen molar-refractivity contribution in [1.82, 2.24) is 4.90 Å². The number of nitrogens with zero attached hydrogens (tertiary/aromatic N) is 1. The lowest BCUT2D eigenvalue weighted by Crippen LogP contribution is -2.44. The Morgan fingerprint density at radius 1 is 1.62 bits per heavy atom. The van der Waals surface area contributed by atoms with Gasteiger partial charge in [0.15, 0.2) is 0 Å². The molecule has 1 N–H and O–H groups in total. The fraction of sp³-hybridized carbons (Fsp3) is 1.00. The van der Waals surface area contributed by atoms with Gasteiger partial charge in [-0.15, -0.1) is 0 Å². The summed E-state index contributed by atoms with van der Waals surface area (Å²) in [4.78, 5) is 2.20. The highest BCUT2D eigenvalue weighted by molar-refractivity contribution is 7.84. The van der Waals surface area contributed by atoms with E-state index in [9.17, 15) is 9.32 Å². The van der Waals surface area contributed by atoms with Crippen LogP contribution in [0.5, 0.6) is 0 Å². The first-order chi connectivity index (χ1) is 6.09. The van der Waals surface area contributed by atoms with Gasteiger partial charge in [0, 0.05) is 35.9 Å². The van der Waals surface area contributed by atoms with Crippen molar-refractivity contribution in [2.45, 2.75) is 19.4 Å². The normalized spacial score (nSPS) is 33.2. The Balaban J connectivity index is 2.25. The van der Waals surface area contributed by atoms with Gasteiger partial charge >= 0.3 is 0 Å². The molecule has 0 radical (unpaired) electrons. The fourth-order valence-electron chi connectivity index (χ4n) is 1.58. The molecule has 1 aliphatic rings. The van der Waals surface area contributed by atoms with Crippen LogP contribution >= 0.6 is 0 Å². The molecule has 1 fully saturated rings. The molecule has 0 amide bonds. The molecule has 0 aromatic rings. The third-order valence-electron chi connectivity index (χ3n) is 2.70. The molecule has 0 aliphatic carbocycles. The lowest BCUT2D eigenvalue weighted by molar-refractivity contribution is 0.0320. The van der Waals surface area contributed by atoms with Gasteiger partial charge in [-0.3, -0.25) is 9.11 Å². The first-order valence-electron chi connectivity index (χ1n) is 4.80. The van der Waals surface area contributed by atoms with E-state index in [0.717, 1.165) is 31.8 Å². The molecule has 3 nitrogen and oxygen atoms in total. The molecule has 1 heterocycles. The van der Waals surface area contributed by atoms with Crippen LogP contribution in [0.15, 0.2) is 0 Å². The van der Waals surface area contributed by atoms with E-state index in [1.54, 1.807) is 6.26 Å². The first kappa shape index (κ1) is 11.1. The van der Waals surface area contributed by atoms with E-state index in [-0.39, 0.29) is 6.10 Å². The summed E-state index contributed by atoms with van der Waals surface area (Å²) in [5, 5.41) is 9.60. The van der Waals surface area contributed by atoms with Gasteiger partial charge in [-0.1, -0.05) is 6.92 Å². The van der Waals surface area contributed by atoms with E-state index in [4.69, 9.17) is 0 Å². The van der Waals surface area contributed by atoms with Gasteiger partial charge in [0.25, 0.3) is 0 Å². The summed E-state index contributed by atoms with van der Waals surface area (Å²) in [6.07, 6.45) is 2.58. The van der Waals surface area contributed by atoms with Crippen LogP contribution in [0.3, 0.4) is 0 Å². The second kappa shape index (κ2) is 5.08. The Bertz CT molecular complexity index is 186. The molecule has 0 saturated carbocycles. The minimum Gasteiger partial charge on any atom is -0.392 e. The number of aliphatic hydroxyl groups excluding tert-OH is 1. The summed E-state index contributed by atoms with van der Waals surface area (Å²) in [7, 11) is -0.711. The van der Waals surface area contributed by atoms with Crippen LogP contribution in [0, 0.1) is 5.92 Å². The standard InChI is InChI=1S/C9H19NO2S/c1-8-3-4-10(7-9(8)11)5-6-13(2)12/h8-9,11H,3-7H2,1-2H3. The van der Waals surface area contributed by atoms with Crippen molar-refractivity contribution in [2.75, 3.05) is 31.6 Å². The Labute approximate surface area is 82.6 Å². The molecule has 1 rings (SSSR count). The molecule has 4 heteroatoms. The van der Waals surface area contributed by atoms with E-state index >= 15 is 0 Å². The van der Waals surface area contributed by atoms with Gasteiger partial charge in [0.05, 0.1) is 6.10 Å². The maximum Gasteiger partial charge on any atom is 0.0693 e. The Morgan fingerprint density at radius 2 is 2.31 bits per heavy atom. The predicted molar refractivity (Wildman–Crippen MR) is 55.2 cm³/mol. The molecular formula is C9H19NO2S. The smallest absolute Gasteiger partial charge is 0.0693 e. The number of rotatable bonds is 3. The van der Waals surface area contributed by atoms with Crippen LogP contribution in [0.4, 0.5) is 0 Å². The first-order valence-corrected chi connectivity index (χ1v) is 6.52. The topological polar surface area (TPSA) is 40.5 Å². The quantitative estimate of drug-likeness (QED) is 0.709. The summed E-state index contributed by atoms with van der Waals surface area (Å²) in [6, 6.07) is 0. The average Bonchev–Trinajstić information content (AvgIpc) is 2.07. The number of piperidine rings is 1. The van der Waals surface area contributed by atoms with Crippen molar-refractivity contribution >= 4 is 10.8 Å². The number of hydrogen-bond acceptors (Lipinski definition) is 3. The molecule has 3 unspecified atom stereocenters. The summed E-state index contributed by atoms with van der Waals surface area (Å²) in [5.41, 5.74) is 0. The highest BCUT2D eigenvalue weighted by atomic mass is 32.2. The zero-order valence-electron chi connectivity index (χ0n) is 8.40. The fourth-order valence-corrected chi connectivity index (χ4v) is 2.09. The zero-order chi connectivity index (χ0) is 9.84. The molecule has 0 bridgehead atoms. The van der Waals surface area contributed by atoms with E-state index in [1.165, 1.54) is 0 Å². The highest BCUT2D eigenvalue weighted by Crippen LogP contribution is 2.16. The Kier molecular flexibility index (Phi) is 4.35. The van der Waals surface area contributed by atoms with Gasteiger partial charge in [0.2, 0.25) is 0 Å². The molecule has 13 heavy (non-hydrogen) atoms. The maximum atomic E-state index is 10.9. The monoisotopic (exact) mass is 205 g/mol. The maximum absolute atomic E-state index is 10.9. The number of hydrogen-bond donors (Lipinski definition) is 1. The number of aliphatic hydroxyl groups is 1. The van der Waals surface area contributed by atoms with Crippen LogP contribution in [0.2, 0.25) is 0 Å². The third-order valence-corrected chi connectivity index (χ3v) is 3.46. The lowest BCUT2D eigenvalue weighted by atomic mass is 9.96. The molecule has 1 saturated heterocycles. The molecule has 78 valence electrons. The van der Waals surface area contributed by atoms with E-state index < -0.39 is 10.8 Å². The molecule has 3 atom stereocenters. The minimum atomic E-state index is -0.711. The number of β-amino-alcohol motifs (C(OH)–C–C–N with tert-alkyl or cyclic N) is 1. The lowest BCUT2D eigenvalue weighted by Gasteiger charge is -2.33. The summed E-state index contributed by atoms with van der Waals surface area (Å²) < 4.78 is 10.9. The summed E-state index contributed by atoms with van der Waals surface area (Å²) in [5.74, 6) is 1.14. The molecular weight excluding hydrogens is 186 g/mol. The van der Waals surface area contributed by atoms with Gasteiger partial charge < -0.3 is 5.11 Å². The minimum absolute atomic E-state index is 0.195. The largest absolute Gasteiger partial charge is 0.392 e. The van der Waals surface area contributed by atoms with Crippen molar-refractivity contribution in [3.8, 4) is 0 Å². The van der Waals surface area contributed by atoms with Crippen molar-refractivity contribution in [1.29, 1.82) is 0 Å². The van der Waals surface area contributed by atoms with Crippen molar-refractivity contribution in [3.05, 3.63) is 0 Å². The van der Waals surface area contributed by atoms with Crippen molar-refractivity contribution in [3.63, 3.8) is 0 Å². The van der Waals surface area contributed by atoms with E-state index in [0.29, 0.717) is 5.92 Å². The van der Waals surface area contributed by atoms with Crippen LogP contribution in [0.1, 0.15) is 13.3 Å². The number of likely N-dealkylation sites (tertiary alicyclic amines) is 1. The molecule has 0 aromatic carbocycles. The second-order valence-corrected chi connectivity index (χ2v) is 5.47. The Hall–Kier alpha value is 0.0700. The second-order valence-electron chi connectivity index (χ2n) is 3.91. The highest BCUT2D eigenvalue weighted by Gasteiger charge is 2.23. The third kappa shape index (κ3) is 3.75. The summed E-state index contributed by atoms with van der Waals surface area (Å²) >= 11 is 0. The average molecular weight is 205 g/mol. The van der Waals surface area contributed by atoms with Crippen molar-refractivity contribution < 1.29 is 9.32 Å². The van der Waals surface area contributed by atoms with Crippen LogP contribution in [-0.4, -0.2) is 52.0 Å². The van der Waals surface area contributed by atoms with Crippen LogP contribution in [-0.2, 0) is 10.8 Å². The molecule has 0 aromatic heterocycles. The van der Waals surface area contributed by atoms with Gasteiger partial charge in [0.1, 0.15) is 0 Å². The van der Waals surface area contributed by atoms with Crippen molar-refractivity contribution in [2.24, 2.45) is 5.92 Å². The SMILES string of the molecule is CC1CCN(CCS(C)=O)CC1O. The van der Waals surface area contributed by atoms with E-state index in [1.807, 2.05) is 0 Å². The van der Waals surface area contributed by atoms with Crippen LogP contribution < -0.4 is 0 Å². The van der Waals surface area contributed by atoms with Gasteiger partial charge in [-0.05, 0) is 18.9 Å². The predicted octanol–water partition coefficient (Wildman–Crippen LogP) is 0.0676. The molecule has 0 spiro atoms. The zero-order valence-corrected chi connectivity index (χ0v) is 9.22. The summed E-state index contributed by atoms with van der Waals surface area (Å²) in [6.45, 7) is 4.72. The van der Waals surface area contributed by atoms with Crippen LogP contribution in [0.25, 0.3) is 0 Å². The molecule has 1 aliphatic heterocycles. The van der Waals surface area contributed by atoms with Gasteiger partial charge in [-0.2, -0.15) is 0 Å². The Morgan fingerprint density at radius 3 is 2.85 bits per heavy atom. The van der Waals surface area contributed by atoms with E-state index in [2.05, 4.69) is 11.8 Å². The van der Waals surface area contributed by atoms with Gasteiger partial charge in [-0.25, -0.2) is 0 Å².